The van der Waals surface area contributed by atoms with Crippen LogP contribution in [0.4, 0.5) is 8.78 Å². The van der Waals surface area contributed by atoms with Crippen molar-refractivity contribution in [1.29, 1.82) is 0 Å². The van der Waals surface area contributed by atoms with E-state index in [1.807, 2.05) is 0 Å². The summed E-state index contributed by atoms with van der Waals surface area (Å²) < 4.78 is 24.6. The quantitative estimate of drug-likeness (QED) is 0.749. The topological polar surface area (TPSA) is 38.0 Å². The van der Waals surface area contributed by atoms with Gasteiger partial charge in [-0.2, -0.15) is 0 Å². The maximum Gasteiger partial charge on any atom is 0.263 e. The average molecular weight is 224 g/mol. The second-order valence-corrected chi connectivity index (χ2v) is 3.34. The van der Waals surface area contributed by atoms with Gasteiger partial charge in [0, 0.05) is 18.2 Å². The molecule has 1 atom stereocenters. The van der Waals surface area contributed by atoms with Crippen molar-refractivity contribution < 1.29 is 8.78 Å². The lowest BCUT2D eigenvalue weighted by molar-refractivity contribution is 0.151. The van der Waals surface area contributed by atoms with Crippen LogP contribution in [0.3, 0.4) is 0 Å². The highest BCUT2D eigenvalue weighted by Gasteiger charge is 2.10. The third-order valence-corrected chi connectivity index (χ3v) is 2.28. The van der Waals surface area contributed by atoms with Crippen molar-refractivity contribution in [1.82, 2.24) is 5.32 Å². The first kappa shape index (κ1) is 12.6. The van der Waals surface area contributed by atoms with Crippen LogP contribution in [0.5, 0.6) is 0 Å². The number of hydrogen-bond donors (Lipinski definition) is 2. The molecule has 86 valence electrons. The predicted molar refractivity (Wildman–Crippen MR) is 60.0 cm³/mol. The Morgan fingerprint density at radius 1 is 1.25 bits per heavy atom. The van der Waals surface area contributed by atoms with E-state index in [2.05, 4.69) is 11.2 Å². The van der Waals surface area contributed by atoms with Gasteiger partial charge in [-0.1, -0.05) is 30.2 Å². The minimum absolute atomic E-state index is 0.0106. The third kappa shape index (κ3) is 3.30. The molecule has 1 unspecified atom stereocenters. The molecule has 1 aromatic rings. The molecular weight excluding hydrogens is 210 g/mol. The first-order chi connectivity index (χ1) is 7.69. The molecule has 3 N–H and O–H groups in total. The van der Waals surface area contributed by atoms with Crippen molar-refractivity contribution in [3.8, 4) is 12.3 Å². The summed E-state index contributed by atoms with van der Waals surface area (Å²) in [4.78, 5) is 0. The highest BCUT2D eigenvalue weighted by atomic mass is 19.3. The number of alkyl halides is 2. The van der Waals surface area contributed by atoms with Crippen LogP contribution in [0, 0.1) is 12.3 Å². The average Bonchev–Trinajstić information content (AvgIpc) is 2.30. The summed E-state index contributed by atoms with van der Waals surface area (Å²) in [6, 6.07) is 5.99. The summed E-state index contributed by atoms with van der Waals surface area (Å²) in [6.07, 6.45) is 2.68. The normalized spacial score (nSPS) is 12.4. The van der Waals surface area contributed by atoms with Crippen molar-refractivity contribution >= 4 is 0 Å². The molecule has 0 aromatic heterocycles. The molecule has 0 saturated heterocycles. The van der Waals surface area contributed by atoms with Crippen molar-refractivity contribution in [2.75, 3.05) is 13.1 Å². The molecule has 0 radical (unpaired) electrons. The predicted octanol–water partition coefficient (Wildman–Crippen LogP) is 1.85. The number of hydrogen-bond acceptors (Lipinski definition) is 2. The van der Waals surface area contributed by atoms with Gasteiger partial charge >= 0.3 is 0 Å². The van der Waals surface area contributed by atoms with Crippen LogP contribution in [0.1, 0.15) is 23.6 Å². The van der Waals surface area contributed by atoms with Gasteiger partial charge in [0.05, 0.1) is 6.54 Å². The Balaban J connectivity index is 2.75. The van der Waals surface area contributed by atoms with Gasteiger partial charge < -0.3 is 5.73 Å². The van der Waals surface area contributed by atoms with Gasteiger partial charge in [0.15, 0.2) is 0 Å². The van der Waals surface area contributed by atoms with E-state index in [1.165, 1.54) is 12.1 Å². The van der Waals surface area contributed by atoms with Gasteiger partial charge in [-0.05, 0) is 5.56 Å². The van der Waals surface area contributed by atoms with Crippen LogP contribution in [-0.4, -0.2) is 13.1 Å². The second-order valence-electron chi connectivity index (χ2n) is 3.34. The SMILES string of the molecule is C#CCNC(CN)c1ccc(C(F)F)cc1. The summed E-state index contributed by atoms with van der Waals surface area (Å²) in [6.45, 7) is 0.772. The van der Waals surface area contributed by atoms with Gasteiger partial charge in [-0.25, -0.2) is 8.78 Å². The Kier molecular flexibility index (Phi) is 4.90. The van der Waals surface area contributed by atoms with Gasteiger partial charge in [0.25, 0.3) is 6.43 Å². The Hall–Kier alpha value is -1.44. The first-order valence-corrected chi connectivity index (χ1v) is 4.94. The van der Waals surface area contributed by atoms with Gasteiger partial charge in [0.2, 0.25) is 0 Å². The minimum atomic E-state index is -2.44. The number of halogens is 2. The molecule has 16 heavy (non-hydrogen) atoms. The summed E-state index contributed by atoms with van der Waals surface area (Å²) in [5.41, 5.74) is 6.44. The molecule has 0 spiro atoms. The molecule has 0 aliphatic rings. The molecule has 4 heteroatoms. The van der Waals surface area contributed by atoms with E-state index >= 15 is 0 Å². The van der Waals surface area contributed by atoms with E-state index < -0.39 is 6.43 Å². The zero-order valence-corrected chi connectivity index (χ0v) is 8.79. The Morgan fingerprint density at radius 2 is 1.81 bits per heavy atom. The number of nitrogens with one attached hydrogen (secondary N) is 1. The van der Waals surface area contributed by atoms with Crippen LogP contribution < -0.4 is 11.1 Å². The van der Waals surface area contributed by atoms with Crippen molar-refractivity contribution in [3.63, 3.8) is 0 Å². The monoisotopic (exact) mass is 224 g/mol. The number of benzene rings is 1. The fourth-order valence-electron chi connectivity index (χ4n) is 1.39. The molecule has 1 rings (SSSR count). The minimum Gasteiger partial charge on any atom is -0.329 e. The van der Waals surface area contributed by atoms with E-state index in [0.29, 0.717) is 13.1 Å². The maximum atomic E-state index is 12.3. The molecule has 0 fully saturated rings. The fraction of sp³-hybridized carbons (Fsp3) is 0.333. The van der Waals surface area contributed by atoms with Crippen molar-refractivity contribution in [2.24, 2.45) is 5.73 Å². The maximum absolute atomic E-state index is 12.3. The highest BCUT2D eigenvalue weighted by molar-refractivity contribution is 5.26. The first-order valence-electron chi connectivity index (χ1n) is 4.94. The summed E-state index contributed by atoms with van der Waals surface area (Å²) >= 11 is 0. The molecular formula is C12H14F2N2. The summed E-state index contributed by atoms with van der Waals surface area (Å²) in [5.74, 6) is 2.45. The number of terminal acetylenes is 1. The van der Waals surface area contributed by atoms with Gasteiger partial charge in [0.1, 0.15) is 0 Å². The zero-order chi connectivity index (χ0) is 12.0. The molecule has 2 nitrogen and oxygen atoms in total. The lowest BCUT2D eigenvalue weighted by Gasteiger charge is -2.15. The van der Waals surface area contributed by atoms with Crippen LogP contribution in [0.15, 0.2) is 24.3 Å². The number of rotatable bonds is 5. The van der Waals surface area contributed by atoms with Crippen LogP contribution in [0.25, 0.3) is 0 Å². The third-order valence-electron chi connectivity index (χ3n) is 2.28. The lowest BCUT2D eigenvalue weighted by atomic mass is 10.0. The Bertz CT molecular complexity index is 354. The second kappa shape index (κ2) is 6.21. The number of nitrogens with two attached hydrogens (primary N) is 1. The van der Waals surface area contributed by atoms with Crippen LogP contribution in [0.2, 0.25) is 0 Å². The van der Waals surface area contributed by atoms with Crippen molar-refractivity contribution in [3.05, 3.63) is 35.4 Å². The van der Waals surface area contributed by atoms with E-state index in [0.717, 1.165) is 5.56 Å². The van der Waals surface area contributed by atoms with Gasteiger partial charge in [-0.15, -0.1) is 6.42 Å². The largest absolute Gasteiger partial charge is 0.329 e. The summed E-state index contributed by atoms with van der Waals surface area (Å²) in [5, 5.41) is 3.04. The highest BCUT2D eigenvalue weighted by Crippen LogP contribution is 2.20. The van der Waals surface area contributed by atoms with E-state index in [4.69, 9.17) is 12.2 Å². The Labute approximate surface area is 93.8 Å². The fourth-order valence-corrected chi connectivity index (χ4v) is 1.39. The smallest absolute Gasteiger partial charge is 0.263 e. The van der Waals surface area contributed by atoms with Crippen LogP contribution in [-0.2, 0) is 0 Å². The van der Waals surface area contributed by atoms with Crippen molar-refractivity contribution in [2.45, 2.75) is 12.5 Å². The van der Waals surface area contributed by atoms with Gasteiger partial charge in [-0.3, -0.25) is 5.32 Å². The lowest BCUT2D eigenvalue weighted by Crippen LogP contribution is -2.28. The van der Waals surface area contributed by atoms with Crippen LogP contribution >= 0.6 is 0 Å². The molecule has 0 bridgehead atoms. The summed E-state index contributed by atoms with van der Waals surface area (Å²) in [7, 11) is 0. The molecule has 0 heterocycles. The molecule has 1 aromatic carbocycles. The molecule has 0 amide bonds. The van der Waals surface area contributed by atoms with E-state index in [9.17, 15) is 8.78 Å². The standard InChI is InChI=1S/C12H14F2N2/c1-2-7-16-11(8-15)9-3-5-10(6-4-9)12(13)14/h1,3-6,11-12,16H,7-8,15H2. The van der Waals surface area contributed by atoms with E-state index in [1.54, 1.807) is 12.1 Å². The molecule has 0 aliphatic carbocycles. The van der Waals surface area contributed by atoms with E-state index in [-0.39, 0.29) is 11.6 Å². The molecule has 0 aliphatic heterocycles. The molecule has 0 saturated carbocycles. The zero-order valence-electron chi connectivity index (χ0n) is 8.79. The Morgan fingerprint density at radius 3 is 2.25 bits per heavy atom.